The second-order valence-electron chi connectivity index (χ2n) is 5.82. The Morgan fingerprint density at radius 3 is 2.67 bits per heavy atom. The minimum atomic E-state index is -0.268. The Morgan fingerprint density at radius 1 is 1.11 bits per heavy atom. The molecule has 0 saturated carbocycles. The van der Waals surface area contributed by atoms with Gasteiger partial charge in [-0.15, -0.1) is 0 Å². The zero-order valence-electron chi connectivity index (χ0n) is 14.6. The van der Waals surface area contributed by atoms with Gasteiger partial charge in [0.15, 0.2) is 0 Å². The molecular weight excluding hydrogens is 342 g/mol. The first-order chi connectivity index (χ1) is 13.2. The van der Waals surface area contributed by atoms with Crippen LogP contribution in [0.3, 0.4) is 0 Å². The summed E-state index contributed by atoms with van der Waals surface area (Å²) in [6, 6.07) is 18.5. The van der Waals surface area contributed by atoms with Crippen molar-refractivity contribution in [3.63, 3.8) is 0 Å². The standard InChI is InChI=1S/C20H17N5O2/c1-27-19-6-3-2-5-16(19)17-13-18(24-23-17)20(26)22-14-7-9-15(10-8-14)25-12-4-11-21-25/h2-13H,1H3,(H,22,26)(H,23,24). The number of ether oxygens (including phenoxy) is 1. The average Bonchev–Trinajstić information content (AvgIpc) is 3.41. The number of nitrogens with zero attached hydrogens (tertiary/aromatic N) is 3. The molecule has 0 radical (unpaired) electrons. The van der Waals surface area contributed by atoms with Gasteiger partial charge in [0.25, 0.3) is 5.91 Å². The fourth-order valence-electron chi connectivity index (χ4n) is 2.75. The molecule has 0 saturated heterocycles. The van der Waals surface area contributed by atoms with Crippen LogP contribution in [-0.4, -0.2) is 33.0 Å². The first-order valence-electron chi connectivity index (χ1n) is 8.35. The van der Waals surface area contributed by atoms with Crippen LogP contribution < -0.4 is 10.1 Å². The lowest BCUT2D eigenvalue weighted by molar-refractivity contribution is 0.102. The second-order valence-corrected chi connectivity index (χ2v) is 5.82. The van der Waals surface area contributed by atoms with Crippen molar-refractivity contribution < 1.29 is 9.53 Å². The van der Waals surface area contributed by atoms with Gasteiger partial charge in [-0.1, -0.05) is 12.1 Å². The number of carbonyl (C=O) groups is 1. The molecular formula is C20H17N5O2. The van der Waals surface area contributed by atoms with Gasteiger partial charge in [-0.3, -0.25) is 9.89 Å². The number of rotatable bonds is 5. The molecule has 0 fully saturated rings. The predicted octanol–water partition coefficient (Wildman–Crippen LogP) is 3.52. The summed E-state index contributed by atoms with van der Waals surface area (Å²) in [6.07, 6.45) is 3.57. The average molecular weight is 359 g/mol. The Bertz CT molecular complexity index is 1050. The Balaban J connectivity index is 1.50. The summed E-state index contributed by atoms with van der Waals surface area (Å²) >= 11 is 0. The van der Waals surface area contributed by atoms with Gasteiger partial charge in [0.2, 0.25) is 0 Å². The second kappa shape index (κ2) is 7.17. The summed E-state index contributed by atoms with van der Waals surface area (Å²) in [5.41, 5.74) is 3.43. The smallest absolute Gasteiger partial charge is 0.273 e. The first-order valence-corrected chi connectivity index (χ1v) is 8.35. The highest BCUT2D eigenvalue weighted by atomic mass is 16.5. The number of hydrogen-bond acceptors (Lipinski definition) is 4. The zero-order valence-corrected chi connectivity index (χ0v) is 14.6. The Hall–Kier alpha value is -3.87. The van der Waals surface area contributed by atoms with E-state index in [0.29, 0.717) is 22.8 Å². The van der Waals surface area contributed by atoms with Gasteiger partial charge in [-0.25, -0.2) is 4.68 Å². The van der Waals surface area contributed by atoms with Crippen molar-refractivity contribution in [3.05, 3.63) is 78.8 Å². The van der Waals surface area contributed by atoms with Crippen LogP contribution >= 0.6 is 0 Å². The van der Waals surface area contributed by atoms with Crippen molar-refractivity contribution >= 4 is 11.6 Å². The summed E-state index contributed by atoms with van der Waals surface area (Å²) < 4.78 is 7.10. The fraction of sp³-hybridized carbons (Fsp3) is 0.0500. The van der Waals surface area contributed by atoms with Crippen LogP contribution in [0.4, 0.5) is 5.69 Å². The van der Waals surface area contributed by atoms with Gasteiger partial charge in [-0.2, -0.15) is 10.2 Å². The molecule has 2 heterocycles. The maximum atomic E-state index is 12.5. The number of aromatic nitrogens is 4. The molecule has 2 aromatic heterocycles. The number of aromatic amines is 1. The number of hydrogen-bond donors (Lipinski definition) is 2. The minimum Gasteiger partial charge on any atom is -0.496 e. The topological polar surface area (TPSA) is 84.8 Å². The molecule has 0 bridgehead atoms. The van der Waals surface area contributed by atoms with Crippen LogP contribution in [0.5, 0.6) is 5.75 Å². The molecule has 2 aromatic carbocycles. The van der Waals surface area contributed by atoms with E-state index in [2.05, 4.69) is 20.6 Å². The molecule has 0 aliphatic carbocycles. The molecule has 0 unspecified atom stereocenters. The van der Waals surface area contributed by atoms with Crippen LogP contribution in [0.1, 0.15) is 10.5 Å². The van der Waals surface area contributed by atoms with E-state index >= 15 is 0 Å². The predicted molar refractivity (Wildman–Crippen MR) is 102 cm³/mol. The highest BCUT2D eigenvalue weighted by Gasteiger charge is 2.14. The number of amides is 1. The maximum absolute atomic E-state index is 12.5. The number of benzene rings is 2. The summed E-state index contributed by atoms with van der Waals surface area (Å²) in [7, 11) is 1.60. The highest BCUT2D eigenvalue weighted by molar-refractivity contribution is 6.03. The number of H-pyrrole nitrogens is 1. The van der Waals surface area contributed by atoms with Crippen LogP contribution in [0, 0.1) is 0 Å². The molecule has 0 spiro atoms. The Labute approximate surface area is 155 Å². The summed E-state index contributed by atoms with van der Waals surface area (Å²) in [4.78, 5) is 12.5. The number of methoxy groups -OCH3 is 1. The van der Waals surface area contributed by atoms with E-state index in [0.717, 1.165) is 11.3 Å². The van der Waals surface area contributed by atoms with Crippen molar-refractivity contribution in [2.45, 2.75) is 0 Å². The largest absolute Gasteiger partial charge is 0.496 e. The monoisotopic (exact) mass is 359 g/mol. The molecule has 27 heavy (non-hydrogen) atoms. The third-order valence-corrected chi connectivity index (χ3v) is 4.10. The van der Waals surface area contributed by atoms with Crippen molar-refractivity contribution in [2.24, 2.45) is 0 Å². The molecule has 0 aliphatic heterocycles. The fourth-order valence-corrected chi connectivity index (χ4v) is 2.75. The van der Waals surface area contributed by atoms with Gasteiger partial charge in [0, 0.05) is 23.6 Å². The lowest BCUT2D eigenvalue weighted by atomic mass is 10.1. The van der Waals surface area contributed by atoms with Crippen molar-refractivity contribution in [1.29, 1.82) is 0 Å². The summed E-state index contributed by atoms with van der Waals surface area (Å²) in [6.45, 7) is 0. The lowest BCUT2D eigenvalue weighted by Crippen LogP contribution is -2.12. The number of carbonyl (C=O) groups excluding carboxylic acids is 1. The summed E-state index contributed by atoms with van der Waals surface area (Å²) in [5.74, 6) is 0.431. The lowest BCUT2D eigenvalue weighted by Gasteiger charge is -2.06. The molecule has 0 aliphatic rings. The van der Waals surface area contributed by atoms with E-state index in [1.54, 1.807) is 24.1 Å². The van der Waals surface area contributed by atoms with Crippen molar-refractivity contribution in [2.75, 3.05) is 12.4 Å². The minimum absolute atomic E-state index is 0.268. The van der Waals surface area contributed by atoms with Crippen LogP contribution in [-0.2, 0) is 0 Å². The third kappa shape index (κ3) is 3.43. The van der Waals surface area contributed by atoms with E-state index in [1.165, 1.54) is 0 Å². The summed E-state index contributed by atoms with van der Waals surface area (Å²) in [5, 5.41) is 14.0. The molecule has 4 rings (SSSR count). The van der Waals surface area contributed by atoms with E-state index in [9.17, 15) is 4.79 Å². The van der Waals surface area contributed by atoms with Gasteiger partial charge in [0.05, 0.1) is 18.5 Å². The van der Waals surface area contributed by atoms with E-state index < -0.39 is 0 Å². The molecule has 7 heteroatoms. The third-order valence-electron chi connectivity index (χ3n) is 4.10. The molecule has 0 atom stereocenters. The number of anilines is 1. The van der Waals surface area contributed by atoms with E-state index in [-0.39, 0.29) is 5.91 Å². The van der Waals surface area contributed by atoms with Gasteiger partial charge < -0.3 is 10.1 Å². The van der Waals surface area contributed by atoms with Crippen LogP contribution in [0.25, 0.3) is 16.9 Å². The van der Waals surface area contributed by atoms with Crippen molar-refractivity contribution in [1.82, 2.24) is 20.0 Å². The van der Waals surface area contributed by atoms with Crippen LogP contribution in [0.15, 0.2) is 73.1 Å². The van der Waals surface area contributed by atoms with E-state index in [4.69, 9.17) is 4.74 Å². The molecule has 2 N–H and O–H groups in total. The van der Waals surface area contributed by atoms with Crippen molar-refractivity contribution in [3.8, 4) is 22.7 Å². The zero-order chi connectivity index (χ0) is 18.6. The number of para-hydroxylation sites is 1. The highest BCUT2D eigenvalue weighted by Crippen LogP contribution is 2.28. The van der Waals surface area contributed by atoms with Crippen LogP contribution in [0.2, 0.25) is 0 Å². The SMILES string of the molecule is COc1ccccc1-c1cc(C(=O)Nc2ccc(-n3cccn3)cc2)[nH]n1. The quantitative estimate of drug-likeness (QED) is 0.571. The maximum Gasteiger partial charge on any atom is 0.273 e. The molecule has 134 valence electrons. The number of nitrogens with one attached hydrogen (secondary N) is 2. The Morgan fingerprint density at radius 2 is 1.93 bits per heavy atom. The molecule has 7 nitrogen and oxygen atoms in total. The van der Waals surface area contributed by atoms with E-state index in [1.807, 2.05) is 60.8 Å². The Kier molecular flexibility index (Phi) is 4.40. The van der Waals surface area contributed by atoms with Gasteiger partial charge >= 0.3 is 0 Å². The molecule has 1 amide bonds. The molecule has 4 aromatic rings. The normalized spacial score (nSPS) is 10.6. The first kappa shape index (κ1) is 16.6. The van der Waals surface area contributed by atoms with Gasteiger partial charge in [-0.05, 0) is 48.5 Å². The van der Waals surface area contributed by atoms with Gasteiger partial charge in [0.1, 0.15) is 11.4 Å².